The quantitative estimate of drug-likeness (QED) is 0.899. The van der Waals surface area contributed by atoms with Crippen LogP contribution in [0.3, 0.4) is 0 Å². The Balaban J connectivity index is 1.54. The number of nitrogens with zero attached hydrogens (tertiary/aromatic N) is 1. The predicted molar refractivity (Wildman–Crippen MR) is 101 cm³/mol. The van der Waals surface area contributed by atoms with Crippen LogP contribution in [0.15, 0.2) is 48.5 Å². The number of carbonyl (C=O) groups excluding carboxylic acids is 2. The number of amides is 2. The van der Waals surface area contributed by atoms with Gasteiger partial charge in [-0.2, -0.15) is 0 Å². The van der Waals surface area contributed by atoms with Crippen LogP contribution >= 0.6 is 0 Å². The molecule has 5 nitrogen and oxygen atoms in total. The molecule has 0 aromatic heterocycles. The normalized spacial score (nSPS) is 15.8. The van der Waals surface area contributed by atoms with Crippen molar-refractivity contribution in [3.63, 3.8) is 0 Å². The maximum absolute atomic E-state index is 12.6. The minimum atomic E-state index is -0.115. The van der Waals surface area contributed by atoms with Gasteiger partial charge in [0, 0.05) is 19.4 Å². The highest BCUT2D eigenvalue weighted by Crippen LogP contribution is 2.33. The first kappa shape index (κ1) is 18.0. The lowest BCUT2D eigenvalue weighted by atomic mass is 10.1. The van der Waals surface area contributed by atoms with Crippen LogP contribution in [0.2, 0.25) is 0 Å². The van der Waals surface area contributed by atoms with Crippen molar-refractivity contribution in [3.8, 4) is 5.75 Å². The second-order valence-electron chi connectivity index (χ2n) is 6.60. The third-order valence-electron chi connectivity index (χ3n) is 4.53. The Labute approximate surface area is 154 Å². The van der Waals surface area contributed by atoms with E-state index in [1.54, 1.807) is 4.90 Å². The lowest BCUT2D eigenvalue weighted by molar-refractivity contribution is -0.125. The summed E-state index contributed by atoms with van der Waals surface area (Å²) >= 11 is 0. The summed E-state index contributed by atoms with van der Waals surface area (Å²) in [5.74, 6) is 0.540. The topological polar surface area (TPSA) is 58.6 Å². The van der Waals surface area contributed by atoms with Crippen LogP contribution in [0.4, 0.5) is 5.69 Å². The van der Waals surface area contributed by atoms with Crippen LogP contribution in [0.1, 0.15) is 30.9 Å². The van der Waals surface area contributed by atoms with E-state index in [9.17, 15) is 9.59 Å². The summed E-state index contributed by atoms with van der Waals surface area (Å²) in [5, 5.41) is 2.89. The molecule has 2 aromatic rings. The van der Waals surface area contributed by atoms with E-state index in [2.05, 4.69) is 5.32 Å². The van der Waals surface area contributed by atoms with Crippen LogP contribution in [-0.4, -0.2) is 24.5 Å². The number of hydrogen-bond donors (Lipinski definition) is 1. The van der Waals surface area contributed by atoms with E-state index in [4.69, 9.17) is 4.74 Å². The first-order valence-corrected chi connectivity index (χ1v) is 8.92. The van der Waals surface area contributed by atoms with Crippen molar-refractivity contribution >= 4 is 17.5 Å². The van der Waals surface area contributed by atoms with Gasteiger partial charge in [0.2, 0.25) is 11.8 Å². The van der Waals surface area contributed by atoms with E-state index in [1.165, 1.54) is 0 Å². The molecule has 2 amide bonds. The molecule has 0 fully saturated rings. The number of fused-ring (bicyclic) bond motifs is 1. The number of carbonyl (C=O) groups is 2. The maximum Gasteiger partial charge on any atom is 0.227 e. The second kappa shape index (κ2) is 8.04. The number of para-hydroxylation sites is 2. The van der Waals surface area contributed by atoms with Crippen LogP contribution in [-0.2, 0) is 16.1 Å². The number of rotatable bonds is 5. The van der Waals surface area contributed by atoms with E-state index in [0.717, 1.165) is 16.8 Å². The summed E-state index contributed by atoms with van der Waals surface area (Å²) in [7, 11) is 0. The zero-order valence-electron chi connectivity index (χ0n) is 15.2. The van der Waals surface area contributed by atoms with E-state index in [-0.39, 0.29) is 30.8 Å². The van der Waals surface area contributed by atoms with Gasteiger partial charge in [-0.05, 0) is 37.1 Å². The van der Waals surface area contributed by atoms with Gasteiger partial charge in [0.1, 0.15) is 11.9 Å². The van der Waals surface area contributed by atoms with Gasteiger partial charge in [-0.15, -0.1) is 0 Å². The zero-order chi connectivity index (χ0) is 18.5. The molecular weight excluding hydrogens is 328 g/mol. The Bertz CT molecular complexity index is 803. The first-order chi connectivity index (χ1) is 12.5. The molecule has 1 aliphatic rings. The molecule has 0 spiro atoms. The van der Waals surface area contributed by atoms with Gasteiger partial charge in [-0.3, -0.25) is 9.59 Å². The Kier molecular flexibility index (Phi) is 5.56. The SMILES string of the molecule is Cc1ccccc1CNC(=O)CCC(=O)N1C[C@@H](C)Oc2ccccc21. The van der Waals surface area contributed by atoms with Gasteiger partial charge in [0.05, 0.1) is 12.2 Å². The van der Waals surface area contributed by atoms with Crippen LogP contribution in [0.25, 0.3) is 0 Å². The molecule has 2 aromatic carbocycles. The van der Waals surface area contributed by atoms with Crippen molar-refractivity contribution in [1.82, 2.24) is 5.32 Å². The summed E-state index contributed by atoms with van der Waals surface area (Å²) in [4.78, 5) is 26.5. The molecule has 0 saturated heterocycles. The molecule has 0 radical (unpaired) electrons. The van der Waals surface area contributed by atoms with Crippen LogP contribution in [0.5, 0.6) is 5.75 Å². The standard InChI is InChI=1S/C21H24N2O3/c1-15-7-3-4-8-17(15)13-22-20(24)11-12-21(25)23-14-16(2)26-19-10-6-5-9-18(19)23/h3-10,16H,11-14H2,1-2H3,(H,22,24)/t16-/m1/s1. The summed E-state index contributed by atoms with van der Waals surface area (Å²) in [6, 6.07) is 15.4. The van der Waals surface area contributed by atoms with E-state index >= 15 is 0 Å². The van der Waals surface area contributed by atoms with Gasteiger partial charge in [0.15, 0.2) is 0 Å². The molecule has 5 heteroatoms. The Morgan fingerprint density at radius 1 is 1.12 bits per heavy atom. The number of anilines is 1. The molecule has 0 bridgehead atoms. The molecule has 1 atom stereocenters. The summed E-state index contributed by atoms with van der Waals surface area (Å²) in [6.07, 6.45) is 0.294. The number of ether oxygens (including phenoxy) is 1. The number of hydrogen-bond acceptors (Lipinski definition) is 3. The molecule has 1 heterocycles. The molecule has 0 unspecified atom stereocenters. The second-order valence-corrected chi connectivity index (χ2v) is 6.60. The van der Waals surface area contributed by atoms with Gasteiger partial charge < -0.3 is 15.0 Å². The minimum absolute atomic E-state index is 0.0568. The third kappa shape index (κ3) is 4.23. The largest absolute Gasteiger partial charge is 0.487 e. The van der Waals surface area contributed by atoms with Crippen LogP contribution in [0, 0.1) is 6.92 Å². The van der Waals surface area contributed by atoms with Crippen molar-refractivity contribution in [2.75, 3.05) is 11.4 Å². The van der Waals surface area contributed by atoms with E-state index < -0.39 is 0 Å². The van der Waals surface area contributed by atoms with E-state index in [1.807, 2.05) is 62.4 Å². The van der Waals surface area contributed by atoms with Crippen molar-refractivity contribution in [2.45, 2.75) is 39.3 Å². The lowest BCUT2D eigenvalue weighted by Crippen LogP contribution is -2.42. The fourth-order valence-electron chi connectivity index (χ4n) is 3.07. The van der Waals surface area contributed by atoms with Crippen LogP contribution < -0.4 is 15.0 Å². The number of benzene rings is 2. The van der Waals surface area contributed by atoms with Gasteiger partial charge in [-0.25, -0.2) is 0 Å². The van der Waals surface area contributed by atoms with E-state index in [0.29, 0.717) is 18.8 Å². The monoisotopic (exact) mass is 352 g/mol. The predicted octanol–water partition coefficient (Wildman–Crippen LogP) is 3.21. The highest BCUT2D eigenvalue weighted by molar-refractivity contribution is 5.97. The average Bonchev–Trinajstić information content (AvgIpc) is 2.64. The molecule has 136 valence electrons. The minimum Gasteiger partial charge on any atom is -0.487 e. The van der Waals surface area contributed by atoms with Gasteiger partial charge >= 0.3 is 0 Å². The maximum atomic E-state index is 12.6. The van der Waals surface area contributed by atoms with Crippen molar-refractivity contribution in [1.29, 1.82) is 0 Å². The Hall–Kier alpha value is -2.82. The number of nitrogens with one attached hydrogen (secondary N) is 1. The molecule has 3 rings (SSSR count). The first-order valence-electron chi connectivity index (χ1n) is 8.92. The zero-order valence-corrected chi connectivity index (χ0v) is 15.2. The fourth-order valence-corrected chi connectivity index (χ4v) is 3.07. The highest BCUT2D eigenvalue weighted by Gasteiger charge is 2.27. The smallest absolute Gasteiger partial charge is 0.227 e. The van der Waals surface area contributed by atoms with Gasteiger partial charge in [-0.1, -0.05) is 36.4 Å². The Morgan fingerprint density at radius 2 is 1.85 bits per heavy atom. The molecule has 1 N–H and O–H groups in total. The van der Waals surface area contributed by atoms with Gasteiger partial charge in [0.25, 0.3) is 0 Å². The molecule has 1 aliphatic heterocycles. The number of aryl methyl sites for hydroxylation is 1. The molecule has 0 aliphatic carbocycles. The highest BCUT2D eigenvalue weighted by atomic mass is 16.5. The molecular formula is C21H24N2O3. The third-order valence-corrected chi connectivity index (χ3v) is 4.53. The summed E-state index contributed by atoms with van der Waals surface area (Å²) in [6.45, 7) is 4.94. The van der Waals surface area contributed by atoms with Crippen molar-refractivity contribution in [2.24, 2.45) is 0 Å². The lowest BCUT2D eigenvalue weighted by Gasteiger charge is -2.33. The summed E-state index contributed by atoms with van der Waals surface area (Å²) < 4.78 is 5.76. The van der Waals surface area contributed by atoms with Crippen molar-refractivity contribution < 1.29 is 14.3 Å². The fraction of sp³-hybridized carbons (Fsp3) is 0.333. The summed E-state index contributed by atoms with van der Waals surface area (Å²) in [5.41, 5.74) is 3.00. The van der Waals surface area contributed by atoms with Crippen molar-refractivity contribution in [3.05, 3.63) is 59.7 Å². The molecule has 26 heavy (non-hydrogen) atoms. The Morgan fingerprint density at radius 3 is 2.65 bits per heavy atom. The molecule has 0 saturated carbocycles. The average molecular weight is 352 g/mol.